The minimum Gasteiger partial charge on any atom is -0.325 e. The molecule has 0 spiro atoms. The van der Waals surface area contributed by atoms with Crippen molar-refractivity contribution in [2.75, 3.05) is 5.32 Å². The number of carbonyl (C=O) groups is 1. The lowest BCUT2D eigenvalue weighted by atomic mass is 10.1. The number of anilines is 1. The average molecular weight is 277 g/mol. The van der Waals surface area contributed by atoms with Crippen molar-refractivity contribution in [2.24, 2.45) is 5.73 Å². The lowest BCUT2D eigenvalue weighted by Gasteiger charge is -2.12. The normalized spacial score (nSPS) is 12.2. The summed E-state index contributed by atoms with van der Waals surface area (Å²) in [6, 6.07) is 3.76. The highest BCUT2D eigenvalue weighted by Crippen LogP contribution is 2.17. The second-order valence-corrected chi connectivity index (χ2v) is 4.39. The van der Waals surface area contributed by atoms with E-state index < -0.39 is 11.9 Å². The van der Waals surface area contributed by atoms with E-state index in [1.807, 2.05) is 6.92 Å². The van der Waals surface area contributed by atoms with Crippen LogP contribution in [-0.2, 0) is 4.79 Å². The molecule has 0 aliphatic rings. The number of halogens is 1. The Kier molecular flexibility index (Phi) is 4.41. The second-order valence-electron chi connectivity index (χ2n) is 4.39. The number of amides is 1. The number of hydrogen-bond donors (Lipinski definition) is 2. The molecule has 0 aliphatic heterocycles. The van der Waals surface area contributed by atoms with Crippen molar-refractivity contribution in [2.45, 2.75) is 25.8 Å². The van der Waals surface area contributed by atoms with Gasteiger partial charge in [-0.25, -0.2) is 14.1 Å². The van der Waals surface area contributed by atoms with E-state index in [0.29, 0.717) is 12.1 Å². The highest BCUT2D eigenvalue weighted by atomic mass is 19.1. The zero-order valence-corrected chi connectivity index (χ0v) is 11.1. The van der Waals surface area contributed by atoms with Crippen LogP contribution in [0, 0.1) is 5.82 Å². The fourth-order valence-corrected chi connectivity index (χ4v) is 1.78. The molecular weight excluding hydrogens is 261 g/mol. The van der Waals surface area contributed by atoms with E-state index in [1.54, 1.807) is 6.07 Å². The van der Waals surface area contributed by atoms with Crippen molar-refractivity contribution in [3.05, 3.63) is 36.7 Å². The van der Waals surface area contributed by atoms with Gasteiger partial charge >= 0.3 is 0 Å². The third kappa shape index (κ3) is 3.18. The van der Waals surface area contributed by atoms with Gasteiger partial charge in [0.05, 0.1) is 6.04 Å². The van der Waals surface area contributed by atoms with Gasteiger partial charge in [-0.2, -0.15) is 5.10 Å². The molecule has 2 aromatic rings. The molecule has 106 valence electrons. The van der Waals surface area contributed by atoms with Crippen molar-refractivity contribution < 1.29 is 9.18 Å². The number of benzene rings is 1. The van der Waals surface area contributed by atoms with Crippen LogP contribution in [0.2, 0.25) is 0 Å². The first kappa shape index (κ1) is 14.1. The Hall–Kier alpha value is -2.28. The highest BCUT2D eigenvalue weighted by molar-refractivity contribution is 5.94. The summed E-state index contributed by atoms with van der Waals surface area (Å²) in [5, 5.41) is 6.44. The summed E-state index contributed by atoms with van der Waals surface area (Å²) in [6.07, 6.45) is 4.12. The van der Waals surface area contributed by atoms with Gasteiger partial charge in [-0.1, -0.05) is 13.3 Å². The van der Waals surface area contributed by atoms with Crippen LogP contribution in [0.5, 0.6) is 0 Å². The van der Waals surface area contributed by atoms with Gasteiger partial charge in [0.2, 0.25) is 5.91 Å². The summed E-state index contributed by atoms with van der Waals surface area (Å²) < 4.78 is 15.3. The first-order valence-electron chi connectivity index (χ1n) is 6.32. The zero-order chi connectivity index (χ0) is 14.5. The van der Waals surface area contributed by atoms with Gasteiger partial charge in [0.1, 0.15) is 18.3 Å². The van der Waals surface area contributed by atoms with Crippen LogP contribution in [0.1, 0.15) is 19.8 Å². The standard InChI is InChI=1S/C13H16FN5O/c1-2-3-11(15)13(20)18-9-4-5-12(10(14)6-9)19-8-16-7-17-19/h4-8,11H,2-3,15H2,1H3,(H,18,20)/t11-/m1/s1. The molecule has 20 heavy (non-hydrogen) atoms. The molecule has 1 amide bonds. The number of nitrogens with two attached hydrogens (primary N) is 1. The van der Waals surface area contributed by atoms with Crippen LogP contribution < -0.4 is 11.1 Å². The Balaban J connectivity index is 2.12. The number of nitrogens with one attached hydrogen (secondary N) is 1. The Morgan fingerprint density at radius 1 is 1.55 bits per heavy atom. The average Bonchev–Trinajstić information content (AvgIpc) is 2.93. The molecule has 2 rings (SSSR count). The van der Waals surface area contributed by atoms with Gasteiger partial charge in [-0.15, -0.1) is 0 Å². The van der Waals surface area contributed by atoms with E-state index in [2.05, 4.69) is 15.4 Å². The molecule has 1 aromatic carbocycles. The van der Waals surface area contributed by atoms with Crippen LogP contribution >= 0.6 is 0 Å². The van der Waals surface area contributed by atoms with Crippen LogP contribution in [0.15, 0.2) is 30.9 Å². The molecule has 1 atom stereocenters. The Morgan fingerprint density at radius 2 is 2.35 bits per heavy atom. The molecule has 0 radical (unpaired) electrons. The first-order chi connectivity index (χ1) is 9.61. The minimum atomic E-state index is -0.585. The van der Waals surface area contributed by atoms with Crippen LogP contribution in [-0.4, -0.2) is 26.7 Å². The summed E-state index contributed by atoms with van der Waals surface area (Å²) in [7, 11) is 0. The third-order valence-electron chi connectivity index (χ3n) is 2.82. The molecular formula is C13H16FN5O. The van der Waals surface area contributed by atoms with E-state index >= 15 is 0 Å². The maximum atomic E-state index is 13.9. The smallest absolute Gasteiger partial charge is 0.241 e. The lowest BCUT2D eigenvalue weighted by molar-refractivity contribution is -0.117. The fraction of sp³-hybridized carbons (Fsp3) is 0.308. The highest BCUT2D eigenvalue weighted by Gasteiger charge is 2.13. The van der Waals surface area contributed by atoms with Gasteiger partial charge in [-0.05, 0) is 24.6 Å². The molecule has 7 heteroatoms. The summed E-state index contributed by atoms with van der Waals surface area (Å²) in [4.78, 5) is 15.5. The molecule has 0 fully saturated rings. The Bertz CT molecular complexity index is 584. The molecule has 0 saturated carbocycles. The minimum absolute atomic E-state index is 0.262. The third-order valence-corrected chi connectivity index (χ3v) is 2.82. The number of hydrogen-bond acceptors (Lipinski definition) is 4. The molecule has 3 N–H and O–H groups in total. The van der Waals surface area contributed by atoms with Crippen molar-refractivity contribution in [3.8, 4) is 5.69 Å². The monoisotopic (exact) mass is 277 g/mol. The maximum absolute atomic E-state index is 13.9. The summed E-state index contributed by atoms with van der Waals surface area (Å²) in [5.74, 6) is -0.822. The lowest BCUT2D eigenvalue weighted by Crippen LogP contribution is -2.35. The van der Waals surface area contributed by atoms with Gasteiger partial charge in [0.25, 0.3) is 0 Å². The molecule has 0 aliphatic carbocycles. The Labute approximate surface area is 115 Å². The van der Waals surface area contributed by atoms with Crippen molar-refractivity contribution in [1.82, 2.24) is 14.8 Å². The molecule has 1 heterocycles. The van der Waals surface area contributed by atoms with E-state index in [9.17, 15) is 9.18 Å². The van der Waals surface area contributed by atoms with E-state index in [1.165, 1.54) is 29.5 Å². The van der Waals surface area contributed by atoms with E-state index in [0.717, 1.165) is 6.42 Å². The number of rotatable bonds is 5. The predicted octanol–water partition coefficient (Wildman–Crippen LogP) is 1.47. The number of carbonyl (C=O) groups excluding carboxylic acids is 1. The molecule has 0 unspecified atom stereocenters. The van der Waals surface area contributed by atoms with Crippen molar-refractivity contribution >= 4 is 11.6 Å². The number of nitrogens with zero attached hydrogens (tertiary/aromatic N) is 3. The predicted molar refractivity (Wildman–Crippen MR) is 72.8 cm³/mol. The topological polar surface area (TPSA) is 85.8 Å². The Morgan fingerprint density at radius 3 is 2.95 bits per heavy atom. The second kappa shape index (κ2) is 6.25. The van der Waals surface area contributed by atoms with Crippen LogP contribution in [0.3, 0.4) is 0 Å². The SMILES string of the molecule is CCC[C@@H](N)C(=O)Nc1ccc(-n2cncn2)c(F)c1. The molecule has 6 nitrogen and oxygen atoms in total. The van der Waals surface area contributed by atoms with Gasteiger partial charge < -0.3 is 11.1 Å². The van der Waals surface area contributed by atoms with Gasteiger partial charge in [0, 0.05) is 5.69 Å². The molecule has 0 bridgehead atoms. The van der Waals surface area contributed by atoms with Crippen LogP contribution in [0.25, 0.3) is 5.69 Å². The quantitative estimate of drug-likeness (QED) is 0.866. The van der Waals surface area contributed by atoms with E-state index in [4.69, 9.17) is 5.73 Å². The summed E-state index contributed by atoms with van der Waals surface area (Å²) >= 11 is 0. The van der Waals surface area contributed by atoms with Gasteiger partial charge in [0.15, 0.2) is 5.82 Å². The maximum Gasteiger partial charge on any atom is 0.241 e. The molecule has 1 aromatic heterocycles. The van der Waals surface area contributed by atoms with E-state index in [-0.39, 0.29) is 11.6 Å². The fourth-order valence-electron chi connectivity index (χ4n) is 1.78. The van der Waals surface area contributed by atoms with Crippen molar-refractivity contribution in [1.29, 1.82) is 0 Å². The van der Waals surface area contributed by atoms with Crippen LogP contribution in [0.4, 0.5) is 10.1 Å². The first-order valence-corrected chi connectivity index (χ1v) is 6.32. The summed E-state index contributed by atoms with van der Waals surface area (Å²) in [5.41, 5.74) is 6.32. The van der Waals surface area contributed by atoms with Crippen molar-refractivity contribution in [3.63, 3.8) is 0 Å². The molecule has 0 saturated heterocycles. The zero-order valence-electron chi connectivity index (χ0n) is 11.1. The van der Waals surface area contributed by atoms with Gasteiger partial charge in [-0.3, -0.25) is 4.79 Å². The largest absolute Gasteiger partial charge is 0.325 e. The number of aromatic nitrogens is 3. The summed E-state index contributed by atoms with van der Waals surface area (Å²) in [6.45, 7) is 1.94.